The van der Waals surface area contributed by atoms with Crippen LogP contribution in [0, 0.1) is 0 Å². The highest BCUT2D eigenvalue weighted by molar-refractivity contribution is 7.19. The minimum Gasteiger partial charge on any atom is -0.379 e. The number of nitrogens with one attached hydrogen (secondary N) is 1. The Morgan fingerprint density at radius 3 is 2.32 bits per heavy atom. The number of fused-ring (bicyclic) bond motifs is 3. The van der Waals surface area contributed by atoms with Gasteiger partial charge in [-0.15, -0.1) is 11.3 Å². The fourth-order valence-electron chi connectivity index (χ4n) is 5.26. The van der Waals surface area contributed by atoms with Crippen molar-refractivity contribution in [3.8, 4) is 0 Å². The van der Waals surface area contributed by atoms with E-state index in [4.69, 9.17) is 19.4 Å². The van der Waals surface area contributed by atoms with Crippen LogP contribution < -0.4 is 5.32 Å². The quantitative estimate of drug-likeness (QED) is 0.557. The molecule has 8 heteroatoms. The first kappa shape index (κ1) is 22.4. The zero-order valence-electron chi connectivity index (χ0n) is 19.7. The summed E-state index contributed by atoms with van der Waals surface area (Å²) >= 11 is 1.87. The van der Waals surface area contributed by atoms with Crippen molar-refractivity contribution in [1.82, 2.24) is 19.8 Å². The fourth-order valence-corrected chi connectivity index (χ4v) is 6.54. The summed E-state index contributed by atoms with van der Waals surface area (Å²) in [7, 11) is 0. The van der Waals surface area contributed by atoms with Crippen LogP contribution in [0.2, 0.25) is 0 Å². The lowest BCUT2D eigenvalue weighted by molar-refractivity contribution is 0.0331. The van der Waals surface area contributed by atoms with Crippen molar-refractivity contribution in [2.75, 3.05) is 57.9 Å². The molecule has 2 saturated heterocycles. The van der Waals surface area contributed by atoms with Gasteiger partial charge in [-0.25, -0.2) is 9.97 Å². The second-order valence-electron chi connectivity index (χ2n) is 9.43. The molecule has 2 aliphatic heterocycles. The third-order valence-electron chi connectivity index (χ3n) is 7.14. The highest BCUT2D eigenvalue weighted by atomic mass is 32.1. The summed E-state index contributed by atoms with van der Waals surface area (Å²) in [5, 5.41) is 5.00. The molecule has 0 saturated carbocycles. The van der Waals surface area contributed by atoms with Gasteiger partial charge in [0.1, 0.15) is 16.5 Å². The van der Waals surface area contributed by atoms with E-state index < -0.39 is 0 Å². The molecule has 0 radical (unpaired) electrons. The average Bonchev–Trinajstić information content (AvgIpc) is 3.46. The number of nitrogens with zero attached hydrogens (tertiary/aromatic N) is 4. The highest BCUT2D eigenvalue weighted by Crippen LogP contribution is 2.39. The van der Waals surface area contributed by atoms with E-state index in [1.165, 1.54) is 39.8 Å². The number of morpholine rings is 2. The SMILES string of the molecule is c1ccc(CN2CCOCC2)c(CNc2nc(CN3CCOCC3)nc3sc4c(c23)CCC4)c1. The highest BCUT2D eigenvalue weighted by Gasteiger charge is 2.23. The Morgan fingerprint density at radius 2 is 1.56 bits per heavy atom. The Labute approximate surface area is 205 Å². The molecule has 0 bridgehead atoms. The number of rotatable bonds is 7. The summed E-state index contributed by atoms with van der Waals surface area (Å²) in [5.41, 5.74) is 4.19. The first-order valence-electron chi connectivity index (χ1n) is 12.6. The number of anilines is 1. The molecule has 0 amide bonds. The number of thiophene rings is 1. The maximum Gasteiger partial charge on any atom is 0.146 e. The summed E-state index contributed by atoms with van der Waals surface area (Å²) in [4.78, 5) is 17.6. The molecule has 6 rings (SSSR count). The molecule has 0 unspecified atom stereocenters. The van der Waals surface area contributed by atoms with E-state index in [9.17, 15) is 0 Å². The van der Waals surface area contributed by atoms with E-state index in [1.807, 2.05) is 11.3 Å². The minimum atomic E-state index is 0.772. The van der Waals surface area contributed by atoms with Gasteiger partial charge in [-0.05, 0) is 36.0 Å². The Balaban J connectivity index is 1.26. The molecule has 1 N–H and O–H groups in total. The lowest BCUT2D eigenvalue weighted by Crippen LogP contribution is -2.36. The van der Waals surface area contributed by atoms with Crippen LogP contribution in [0.3, 0.4) is 0 Å². The molecule has 2 fully saturated rings. The van der Waals surface area contributed by atoms with Crippen LogP contribution in [0.1, 0.15) is 33.8 Å². The van der Waals surface area contributed by atoms with Gasteiger partial charge in [-0.1, -0.05) is 24.3 Å². The zero-order chi connectivity index (χ0) is 22.7. The third kappa shape index (κ3) is 4.83. The van der Waals surface area contributed by atoms with Crippen LogP contribution in [-0.4, -0.2) is 72.4 Å². The molecule has 0 spiro atoms. The smallest absolute Gasteiger partial charge is 0.146 e. The van der Waals surface area contributed by atoms with Crippen LogP contribution in [0.5, 0.6) is 0 Å². The molecule has 1 aliphatic carbocycles. The number of aryl methyl sites for hydroxylation is 2. The summed E-state index contributed by atoms with van der Waals surface area (Å²) in [6, 6.07) is 8.79. The van der Waals surface area contributed by atoms with Crippen molar-refractivity contribution < 1.29 is 9.47 Å². The van der Waals surface area contributed by atoms with Gasteiger partial charge in [0.2, 0.25) is 0 Å². The maximum atomic E-state index is 5.53. The molecule has 0 atom stereocenters. The monoisotopic (exact) mass is 479 g/mol. The van der Waals surface area contributed by atoms with Gasteiger partial charge >= 0.3 is 0 Å². The molecule has 3 aliphatic rings. The Kier molecular flexibility index (Phi) is 6.75. The molecule has 1 aromatic carbocycles. The Bertz CT molecular complexity index is 1140. The van der Waals surface area contributed by atoms with Gasteiger partial charge in [-0.3, -0.25) is 9.80 Å². The molecule has 4 heterocycles. The van der Waals surface area contributed by atoms with Crippen LogP contribution in [-0.2, 0) is 41.9 Å². The van der Waals surface area contributed by atoms with Crippen molar-refractivity contribution in [2.45, 2.75) is 38.9 Å². The largest absolute Gasteiger partial charge is 0.379 e. The molecule has 2 aromatic heterocycles. The van der Waals surface area contributed by atoms with Gasteiger partial charge in [0.15, 0.2) is 0 Å². The predicted molar refractivity (Wildman–Crippen MR) is 135 cm³/mol. The summed E-state index contributed by atoms with van der Waals surface area (Å²) in [6.45, 7) is 9.65. The Hall–Kier alpha value is -2.10. The van der Waals surface area contributed by atoms with Crippen molar-refractivity contribution in [1.29, 1.82) is 0 Å². The third-order valence-corrected chi connectivity index (χ3v) is 8.33. The van der Waals surface area contributed by atoms with E-state index in [0.717, 1.165) is 95.1 Å². The van der Waals surface area contributed by atoms with E-state index in [-0.39, 0.29) is 0 Å². The first-order chi connectivity index (χ1) is 16.8. The van der Waals surface area contributed by atoms with Crippen LogP contribution in [0.15, 0.2) is 24.3 Å². The van der Waals surface area contributed by atoms with Gasteiger partial charge in [-0.2, -0.15) is 0 Å². The van der Waals surface area contributed by atoms with Gasteiger partial charge in [0, 0.05) is 44.1 Å². The lowest BCUT2D eigenvalue weighted by Gasteiger charge is -2.27. The van der Waals surface area contributed by atoms with Crippen LogP contribution >= 0.6 is 11.3 Å². The topological polar surface area (TPSA) is 62.8 Å². The summed E-state index contributed by atoms with van der Waals surface area (Å²) in [5.74, 6) is 1.92. The van der Waals surface area contributed by atoms with E-state index >= 15 is 0 Å². The second-order valence-corrected chi connectivity index (χ2v) is 10.5. The maximum absolute atomic E-state index is 5.53. The molecular formula is C26H33N5O2S. The first-order valence-corrected chi connectivity index (χ1v) is 13.4. The van der Waals surface area contributed by atoms with E-state index in [0.29, 0.717) is 0 Å². The molecular weight excluding hydrogens is 446 g/mol. The summed E-state index contributed by atoms with van der Waals surface area (Å²) < 4.78 is 11.1. The number of ether oxygens (including phenoxy) is 2. The van der Waals surface area contributed by atoms with Gasteiger partial charge in [0.05, 0.1) is 38.4 Å². The summed E-state index contributed by atoms with van der Waals surface area (Å²) in [6.07, 6.45) is 3.56. The zero-order valence-corrected chi connectivity index (χ0v) is 20.5. The lowest BCUT2D eigenvalue weighted by atomic mass is 10.1. The van der Waals surface area contributed by atoms with Crippen LogP contribution in [0.25, 0.3) is 10.2 Å². The number of aromatic nitrogens is 2. The van der Waals surface area contributed by atoms with Gasteiger partial charge < -0.3 is 14.8 Å². The van der Waals surface area contributed by atoms with Crippen molar-refractivity contribution in [3.05, 3.63) is 51.7 Å². The molecule has 34 heavy (non-hydrogen) atoms. The average molecular weight is 480 g/mol. The normalized spacial score (nSPS) is 19.5. The number of hydrogen-bond acceptors (Lipinski definition) is 8. The van der Waals surface area contributed by atoms with Crippen molar-refractivity contribution in [3.63, 3.8) is 0 Å². The van der Waals surface area contributed by atoms with E-state index in [1.54, 1.807) is 0 Å². The van der Waals surface area contributed by atoms with Crippen molar-refractivity contribution in [2.24, 2.45) is 0 Å². The predicted octanol–water partition coefficient (Wildman–Crippen LogP) is 3.46. The molecule has 180 valence electrons. The van der Waals surface area contributed by atoms with Crippen LogP contribution in [0.4, 0.5) is 5.82 Å². The molecule has 3 aromatic rings. The number of benzene rings is 1. The fraction of sp³-hybridized carbons (Fsp3) is 0.538. The Morgan fingerprint density at radius 1 is 0.853 bits per heavy atom. The second kappa shape index (κ2) is 10.3. The van der Waals surface area contributed by atoms with Crippen molar-refractivity contribution >= 4 is 27.4 Å². The molecule has 7 nitrogen and oxygen atoms in total. The minimum absolute atomic E-state index is 0.772. The number of hydrogen-bond donors (Lipinski definition) is 1. The van der Waals surface area contributed by atoms with E-state index in [2.05, 4.69) is 39.4 Å². The standard InChI is InChI=1S/C26H33N5O2S/c1-2-5-20(17-30-8-12-32-13-9-30)19(4-1)16-27-25-24-21-6-3-7-22(21)34-26(24)29-23(28-25)18-31-10-14-33-15-11-31/h1-2,4-5H,3,6-18H2,(H,27,28,29). The van der Waals surface area contributed by atoms with Gasteiger partial charge in [0.25, 0.3) is 0 Å².